The Balaban J connectivity index is 2.12. The Bertz CT molecular complexity index is 1020. The molecule has 0 saturated carbocycles. The van der Waals surface area contributed by atoms with Gasteiger partial charge in [0.25, 0.3) is 11.8 Å². The van der Waals surface area contributed by atoms with Gasteiger partial charge < -0.3 is 20.1 Å². The number of hydrogen-bond acceptors (Lipinski definition) is 8. The number of rotatable bonds is 8. The summed E-state index contributed by atoms with van der Waals surface area (Å²) in [5, 5.41) is 6.73. The van der Waals surface area contributed by atoms with E-state index in [0.29, 0.717) is 0 Å². The van der Waals surface area contributed by atoms with Crippen molar-refractivity contribution in [3.05, 3.63) is 29.8 Å². The van der Waals surface area contributed by atoms with E-state index in [-0.39, 0.29) is 36.8 Å². The molecule has 1 aromatic rings. The van der Waals surface area contributed by atoms with Gasteiger partial charge >= 0.3 is 12.0 Å². The monoisotopic (exact) mass is 498 g/mol. The summed E-state index contributed by atoms with van der Waals surface area (Å²) >= 11 is 0. The van der Waals surface area contributed by atoms with E-state index in [1.54, 1.807) is 13.8 Å². The zero-order valence-corrected chi connectivity index (χ0v) is 20.3. The van der Waals surface area contributed by atoms with Gasteiger partial charge in [-0.1, -0.05) is 19.9 Å². The Hall–Kier alpha value is -3.03. The number of carbonyl (C=O) groups excluding carboxylic acids is 4. The Kier molecular flexibility index (Phi) is 9.53. The molecular weight excluding hydrogens is 468 g/mol. The smallest absolute Gasteiger partial charge is 0.329 e. The molecule has 0 radical (unpaired) electrons. The molecule has 2 atom stereocenters. The molecule has 1 fully saturated rings. The molecule has 1 aliphatic heterocycles. The number of carbonyl (C=O) groups is 4. The third-order valence-electron chi connectivity index (χ3n) is 5.04. The molecule has 1 saturated heterocycles. The summed E-state index contributed by atoms with van der Waals surface area (Å²) in [5.41, 5.74) is 0.0400. The topological polar surface area (TPSA) is 160 Å². The highest BCUT2D eigenvalue weighted by Gasteiger charge is 2.31. The van der Waals surface area contributed by atoms with Crippen molar-refractivity contribution >= 4 is 33.8 Å². The Morgan fingerprint density at radius 2 is 1.74 bits per heavy atom. The molecule has 4 amide bonds. The SMILES string of the molecule is CNC(=O)NC(=O)C(C)OC(=O)[C@@H](NC(=O)c1cccc(S(=O)(=O)N2CCOCC2)c1)C(C)C. The number of nitrogens with zero attached hydrogens (tertiary/aromatic N) is 1. The van der Waals surface area contributed by atoms with Crippen LogP contribution < -0.4 is 16.0 Å². The van der Waals surface area contributed by atoms with E-state index in [9.17, 15) is 27.6 Å². The Morgan fingerprint density at radius 3 is 2.32 bits per heavy atom. The molecule has 0 spiro atoms. The van der Waals surface area contributed by atoms with Crippen LogP contribution in [0.3, 0.4) is 0 Å². The Labute approximate surface area is 198 Å². The van der Waals surface area contributed by atoms with E-state index >= 15 is 0 Å². The molecule has 1 aromatic carbocycles. The third-order valence-corrected chi connectivity index (χ3v) is 6.93. The molecule has 0 aliphatic carbocycles. The molecule has 12 nitrogen and oxygen atoms in total. The minimum atomic E-state index is -3.81. The van der Waals surface area contributed by atoms with E-state index in [2.05, 4.69) is 10.6 Å². The van der Waals surface area contributed by atoms with Crippen LogP contribution in [0.4, 0.5) is 4.79 Å². The molecule has 188 valence electrons. The molecule has 1 unspecified atom stereocenters. The number of morpholine rings is 1. The molecule has 2 rings (SSSR count). The second kappa shape index (κ2) is 11.9. The molecule has 3 N–H and O–H groups in total. The van der Waals surface area contributed by atoms with Crippen molar-refractivity contribution in [2.75, 3.05) is 33.4 Å². The maximum Gasteiger partial charge on any atom is 0.329 e. The molecule has 0 bridgehead atoms. The number of imide groups is 1. The number of ether oxygens (including phenoxy) is 2. The first-order valence-electron chi connectivity index (χ1n) is 10.7. The first kappa shape index (κ1) is 27.2. The normalized spacial score (nSPS) is 16.3. The summed E-state index contributed by atoms with van der Waals surface area (Å²) in [6.45, 7) is 5.63. The lowest BCUT2D eigenvalue weighted by atomic mass is 10.0. The summed E-state index contributed by atoms with van der Waals surface area (Å²) in [7, 11) is -2.49. The second-order valence-electron chi connectivity index (χ2n) is 7.89. The number of hydrogen-bond donors (Lipinski definition) is 3. The predicted molar refractivity (Wildman–Crippen MR) is 120 cm³/mol. The minimum absolute atomic E-state index is 0.0400. The van der Waals surface area contributed by atoms with Crippen molar-refractivity contribution in [3.8, 4) is 0 Å². The lowest BCUT2D eigenvalue weighted by molar-refractivity contribution is -0.157. The number of esters is 1. The van der Waals surface area contributed by atoms with E-state index in [0.717, 1.165) is 0 Å². The van der Waals surface area contributed by atoms with Crippen molar-refractivity contribution in [2.45, 2.75) is 37.8 Å². The van der Waals surface area contributed by atoms with E-state index in [1.807, 2.05) is 5.32 Å². The highest BCUT2D eigenvalue weighted by Crippen LogP contribution is 2.19. The first-order chi connectivity index (χ1) is 16.0. The van der Waals surface area contributed by atoms with Crippen LogP contribution in [0.25, 0.3) is 0 Å². The predicted octanol–water partition coefficient (Wildman–Crippen LogP) is -0.151. The van der Waals surface area contributed by atoms with Crippen molar-refractivity contribution in [1.82, 2.24) is 20.3 Å². The fourth-order valence-corrected chi connectivity index (χ4v) is 4.49. The van der Waals surface area contributed by atoms with Gasteiger partial charge in [-0.15, -0.1) is 0 Å². The van der Waals surface area contributed by atoms with Gasteiger partial charge in [-0.2, -0.15) is 4.31 Å². The highest BCUT2D eigenvalue weighted by atomic mass is 32.2. The molecule has 1 heterocycles. The van der Waals surface area contributed by atoms with Gasteiger partial charge in [0.1, 0.15) is 6.04 Å². The van der Waals surface area contributed by atoms with Crippen LogP contribution in [0.2, 0.25) is 0 Å². The zero-order valence-electron chi connectivity index (χ0n) is 19.5. The number of benzene rings is 1. The number of nitrogens with one attached hydrogen (secondary N) is 3. The lowest BCUT2D eigenvalue weighted by Gasteiger charge is -2.26. The van der Waals surface area contributed by atoms with Crippen LogP contribution in [0.5, 0.6) is 0 Å². The summed E-state index contributed by atoms with van der Waals surface area (Å²) in [6.07, 6.45) is -1.29. The molecule has 34 heavy (non-hydrogen) atoms. The van der Waals surface area contributed by atoms with Crippen molar-refractivity contribution in [3.63, 3.8) is 0 Å². The average Bonchev–Trinajstić information content (AvgIpc) is 2.82. The summed E-state index contributed by atoms with van der Waals surface area (Å²) in [4.78, 5) is 48.6. The number of amides is 4. The molecular formula is C21H30N4O8S. The van der Waals surface area contributed by atoms with Crippen LogP contribution in [0.15, 0.2) is 29.2 Å². The van der Waals surface area contributed by atoms with E-state index < -0.39 is 51.9 Å². The largest absolute Gasteiger partial charge is 0.451 e. The lowest BCUT2D eigenvalue weighted by Crippen LogP contribution is -2.49. The first-order valence-corrected chi connectivity index (χ1v) is 12.1. The van der Waals surface area contributed by atoms with Crippen LogP contribution in [0, 0.1) is 5.92 Å². The maximum absolute atomic E-state index is 12.9. The highest BCUT2D eigenvalue weighted by molar-refractivity contribution is 7.89. The van der Waals surface area contributed by atoms with Gasteiger partial charge in [0.2, 0.25) is 10.0 Å². The standard InChI is InChI=1S/C21H30N4O8S/c1-13(2)17(20(28)33-14(3)18(26)24-21(29)22-4)23-19(27)15-6-5-7-16(12-15)34(30,31)25-8-10-32-11-9-25/h5-7,12-14,17H,8-11H2,1-4H3,(H,23,27)(H2,22,24,26,29)/t14?,17-/m0/s1. The average molecular weight is 499 g/mol. The van der Waals surface area contributed by atoms with Gasteiger partial charge in [0.05, 0.1) is 18.1 Å². The van der Waals surface area contributed by atoms with E-state index in [1.165, 1.54) is 42.5 Å². The van der Waals surface area contributed by atoms with Gasteiger partial charge in [-0.25, -0.2) is 18.0 Å². The van der Waals surface area contributed by atoms with Crippen LogP contribution >= 0.6 is 0 Å². The summed E-state index contributed by atoms with van der Waals surface area (Å²) in [5.74, 6) is -2.80. The Morgan fingerprint density at radius 1 is 1.09 bits per heavy atom. The van der Waals surface area contributed by atoms with Gasteiger partial charge in [0.15, 0.2) is 6.10 Å². The molecule has 1 aliphatic rings. The van der Waals surface area contributed by atoms with Crippen molar-refractivity contribution in [2.24, 2.45) is 5.92 Å². The van der Waals surface area contributed by atoms with Gasteiger partial charge in [-0.05, 0) is 31.0 Å². The fourth-order valence-electron chi connectivity index (χ4n) is 3.03. The van der Waals surface area contributed by atoms with Crippen LogP contribution in [0.1, 0.15) is 31.1 Å². The third kappa shape index (κ3) is 6.98. The second-order valence-corrected chi connectivity index (χ2v) is 9.82. The van der Waals surface area contributed by atoms with Crippen molar-refractivity contribution < 1.29 is 37.1 Å². The van der Waals surface area contributed by atoms with Gasteiger partial charge in [0, 0.05) is 25.7 Å². The fraction of sp³-hybridized carbons (Fsp3) is 0.524. The quantitative estimate of drug-likeness (QED) is 0.417. The number of sulfonamides is 1. The molecule has 13 heteroatoms. The zero-order chi connectivity index (χ0) is 25.5. The van der Waals surface area contributed by atoms with Crippen molar-refractivity contribution in [1.29, 1.82) is 0 Å². The minimum Gasteiger partial charge on any atom is -0.451 e. The van der Waals surface area contributed by atoms with Gasteiger partial charge in [-0.3, -0.25) is 14.9 Å². The van der Waals surface area contributed by atoms with Crippen LogP contribution in [-0.4, -0.2) is 82.0 Å². The van der Waals surface area contributed by atoms with Crippen LogP contribution in [-0.2, 0) is 29.1 Å². The summed E-state index contributed by atoms with van der Waals surface area (Å²) in [6, 6.07) is 3.62. The number of urea groups is 1. The summed E-state index contributed by atoms with van der Waals surface area (Å²) < 4.78 is 37.4. The molecule has 0 aromatic heterocycles. The van der Waals surface area contributed by atoms with E-state index in [4.69, 9.17) is 9.47 Å². The maximum atomic E-state index is 12.9.